The number of amides is 1. The van der Waals surface area contributed by atoms with Crippen molar-refractivity contribution in [3.63, 3.8) is 0 Å². The number of hydrogen-bond acceptors (Lipinski definition) is 6. The van der Waals surface area contributed by atoms with Crippen LogP contribution in [0.25, 0.3) is 11.3 Å². The molecule has 0 unspecified atom stereocenters. The zero-order valence-corrected chi connectivity index (χ0v) is 14.7. The summed E-state index contributed by atoms with van der Waals surface area (Å²) in [7, 11) is -3.91. The van der Waals surface area contributed by atoms with Gasteiger partial charge in [-0.15, -0.1) is 0 Å². The minimum absolute atomic E-state index is 0.0135. The van der Waals surface area contributed by atoms with Crippen LogP contribution in [0.2, 0.25) is 0 Å². The van der Waals surface area contributed by atoms with Crippen LogP contribution in [0, 0.1) is 12.8 Å². The quantitative estimate of drug-likeness (QED) is 0.814. The van der Waals surface area contributed by atoms with Crippen molar-refractivity contribution in [2.45, 2.75) is 37.5 Å². The normalized spacial score (nSPS) is 14.3. The molecule has 1 saturated carbocycles. The van der Waals surface area contributed by atoms with E-state index in [1.54, 1.807) is 25.1 Å². The van der Waals surface area contributed by atoms with Gasteiger partial charge in [-0.2, -0.15) is 0 Å². The Balaban J connectivity index is 1.80. The summed E-state index contributed by atoms with van der Waals surface area (Å²) in [6.45, 7) is 1.78. The van der Waals surface area contributed by atoms with Gasteiger partial charge in [0.2, 0.25) is 11.9 Å². The predicted molar refractivity (Wildman–Crippen MR) is 93.9 cm³/mol. The van der Waals surface area contributed by atoms with Gasteiger partial charge in [0.1, 0.15) is 0 Å². The van der Waals surface area contributed by atoms with E-state index in [1.165, 1.54) is 12.1 Å². The van der Waals surface area contributed by atoms with Crippen molar-refractivity contribution in [2.24, 2.45) is 5.92 Å². The molecule has 3 rings (SSSR count). The average Bonchev–Trinajstić information content (AvgIpc) is 3.36. The number of carbonyl (C=O) groups excluding carboxylic acids is 1. The Morgan fingerprint density at radius 1 is 1.28 bits per heavy atom. The van der Waals surface area contributed by atoms with Crippen molar-refractivity contribution in [1.82, 2.24) is 14.7 Å². The molecule has 7 nitrogen and oxygen atoms in total. The highest BCUT2D eigenvalue weighted by molar-refractivity contribution is 7.90. The number of carbonyl (C=O) groups is 1. The Bertz CT molecular complexity index is 888. The van der Waals surface area contributed by atoms with Crippen molar-refractivity contribution in [3.8, 4) is 11.3 Å². The maximum absolute atomic E-state index is 12.4. The first-order chi connectivity index (χ1) is 11.8. The lowest BCUT2D eigenvalue weighted by atomic mass is 10.1. The smallest absolute Gasteiger partial charge is 0.264 e. The highest BCUT2D eigenvalue weighted by Crippen LogP contribution is 2.33. The van der Waals surface area contributed by atoms with Crippen molar-refractivity contribution in [1.29, 1.82) is 0 Å². The van der Waals surface area contributed by atoms with Crippen LogP contribution in [0.1, 0.15) is 31.4 Å². The van der Waals surface area contributed by atoms with Gasteiger partial charge in [-0.05, 0) is 37.5 Å². The molecule has 0 saturated heterocycles. The van der Waals surface area contributed by atoms with Gasteiger partial charge in [0.25, 0.3) is 10.0 Å². The third kappa shape index (κ3) is 4.54. The van der Waals surface area contributed by atoms with E-state index in [4.69, 9.17) is 5.73 Å². The summed E-state index contributed by atoms with van der Waals surface area (Å²) in [6.07, 6.45) is 3.22. The topological polar surface area (TPSA) is 115 Å². The van der Waals surface area contributed by atoms with E-state index < -0.39 is 15.9 Å². The van der Waals surface area contributed by atoms with Crippen LogP contribution >= 0.6 is 0 Å². The first kappa shape index (κ1) is 17.3. The number of rotatable bonds is 6. The molecule has 0 spiro atoms. The van der Waals surface area contributed by atoms with E-state index in [2.05, 4.69) is 14.7 Å². The van der Waals surface area contributed by atoms with Gasteiger partial charge >= 0.3 is 0 Å². The van der Waals surface area contributed by atoms with Crippen LogP contribution < -0.4 is 10.5 Å². The third-order valence-electron chi connectivity index (χ3n) is 4.04. The molecule has 1 aromatic heterocycles. The second-order valence-electron chi connectivity index (χ2n) is 6.29. The van der Waals surface area contributed by atoms with E-state index in [0.717, 1.165) is 19.3 Å². The standard InChI is InChI=1S/C17H20N4O3S/c1-11-9-15(20-17(18)19-11)13-3-2-4-14(10-13)25(23,24)21-16(22)8-7-12-5-6-12/h2-4,9-10,12H,5-8H2,1H3,(H,21,22)(H2,18,19,20). The van der Waals surface area contributed by atoms with Gasteiger partial charge in [-0.1, -0.05) is 25.0 Å². The van der Waals surface area contributed by atoms with E-state index in [-0.39, 0.29) is 17.3 Å². The van der Waals surface area contributed by atoms with Crippen molar-refractivity contribution < 1.29 is 13.2 Å². The number of benzene rings is 1. The minimum atomic E-state index is -3.91. The van der Waals surface area contributed by atoms with E-state index >= 15 is 0 Å². The average molecular weight is 360 g/mol. The number of nitrogens with zero attached hydrogens (tertiary/aromatic N) is 2. The number of sulfonamides is 1. The molecule has 1 aromatic carbocycles. The van der Waals surface area contributed by atoms with Gasteiger partial charge in [0, 0.05) is 17.7 Å². The molecule has 1 fully saturated rings. The second kappa shape index (κ2) is 6.79. The van der Waals surface area contributed by atoms with Crippen LogP contribution in [0.3, 0.4) is 0 Å². The van der Waals surface area contributed by atoms with Crippen LogP contribution in [0.4, 0.5) is 5.95 Å². The second-order valence-corrected chi connectivity index (χ2v) is 7.97. The summed E-state index contributed by atoms with van der Waals surface area (Å²) < 4.78 is 27.0. The number of aryl methyl sites for hydroxylation is 1. The third-order valence-corrected chi connectivity index (χ3v) is 5.41. The number of anilines is 1. The monoisotopic (exact) mass is 360 g/mol. The van der Waals surface area contributed by atoms with Crippen LogP contribution in [0.15, 0.2) is 35.2 Å². The lowest BCUT2D eigenvalue weighted by Gasteiger charge is -2.09. The van der Waals surface area contributed by atoms with Gasteiger partial charge in [-0.3, -0.25) is 4.79 Å². The lowest BCUT2D eigenvalue weighted by molar-refractivity contribution is -0.119. The van der Waals surface area contributed by atoms with Crippen LogP contribution in [0.5, 0.6) is 0 Å². The minimum Gasteiger partial charge on any atom is -0.368 e. The number of hydrogen-bond donors (Lipinski definition) is 2. The summed E-state index contributed by atoms with van der Waals surface area (Å²) in [6, 6.07) is 7.97. The van der Waals surface area contributed by atoms with Gasteiger partial charge in [0.05, 0.1) is 10.6 Å². The molecule has 132 valence electrons. The molecular weight excluding hydrogens is 340 g/mol. The molecule has 1 aliphatic carbocycles. The molecule has 0 bridgehead atoms. The molecule has 1 heterocycles. The summed E-state index contributed by atoms with van der Waals surface area (Å²) in [5.74, 6) is 0.222. The van der Waals surface area contributed by atoms with E-state index in [0.29, 0.717) is 22.9 Å². The molecule has 1 aliphatic rings. The van der Waals surface area contributed by atoms with Crippen molar-refractivity contribution in [3.05, 3.63) is 36.0 Å². The highest BCUT2D eigenvalue weighted by atomic mass is 32.2. The Hall–Kier alpha value is -2.48. The Kier molecular flexibility index (Phi) is 4.71. The first-order valence-corrected chi connectivity index (χ1v) is 9.59. The molecule has 25 heavy (non-hydrogen) atoms. The molecule has 8 heteroatoms. The number of nitrogens with one attached hydrogen (secondary N) is 1. The molecule has 3 N–H and O–H groups in total. The summed E-state index contributed by atoms with van der Waals surface area (Å²) in [5, 5.41) is 0. The Morgan fingerprint density at radius 3 is 2.72 bits per heavy atom. The van der Waals surface area contributed by atoms with Crippen LogP contribution in [-0.4, -0.2) is 24.3 Å². The maximum Gasteiger partial charge on any atom is 0.264 e. The number of aromatic nitrogens is 2. The first-order valence-electron chi connectivity index (χ1n) is 8.11. The van der Waals surface area contributed by atoms with Gasteiger partial charge in [-0.25, -0.2) is 23.1 Å². The van der Waals surface area contributed by atoms with Gasteiger partial charge < -0.3 is 5.73 Å². The molecule has 1 amide bonds. The fourth-order valence-electron chi connectivity index (χ4n) is 2.56. The fourth-order valence-corrected chi connectivity index (χ4v) is 3.62. The molecule has 2 aromatic rings. The molecule has 0 atom stereocenters. The zero-order chi connectivity index (χ0) is 18.0. The highest BCUT2D eigenvalue weighted by Gasteiger charge is 2.24. The zero-order valence-electron chi connectivity index (χ0n) is 13.9. The maximum atomic E-state index is 12.4. The summed E-state index contributed by atoms with van der Waals surface area (Å²) in [5.41, 5.74) is 7.45. The van der Waals surface area contributed by atoms with Crippen LogP contribution in [-0.2, 0) is 14.8 Å². The predicted octanol–water partition coefficient (Wildman–Crippen LogP) is 2.03. The van der Waals surface area contributed by atoms with E-state index in [9.17, 15) is 13.2 Å². The lowest BCUT2D eigenvalue weighted by Crippen LogP contribution is -2.30. The summed E-state index contributed by atoms with van der Waals surface area (Å²) >= 11 is 0. The molecular formula is C17H20N4O3S. The van der Waals surface area contributed by atoms with Gasteiger partial charge in [0.15, 0.2) is 0 Å². The molecule has 0 aliphatic heterocycles. The number of nitrogen functional groups attached to an aromatic ring is 1. The Morgan fingerprint density at radius 2 is 2.04 bits per heavy atom. The largest absolute Gasteiger partial charge is 0.368 e. The molecule has 0 radical (unpaired) electrons. The van der Waals surface area contributed by atoms with Crippen molar-refractivity contribution >= 4 is 21.9 Å². The Labute approximate surface area is 146 Å². The fraction of sp³-hybridized carbons (Fsp3) is 0.353. The SMILES string of the molecule is Cc1cc(-c2cccc(S(=O)(=O)NC(=O)CCC3CC3)c2)nc(N)n1. The van der Waals surface area contributed by atoms with E-state index in [1.807, 2.05) is 0 Å². The summed E-state index contributed by atoms with van der Waals surface area (Å²) in [4.78, 5) is 20.0. The van der Waals surface area contributed by atoms with Crippen molar-refractivity contribution in [2.75, 3.05) is 5.73 Å². The number of nitrogens with two attached hydrogens (primary N) is 1.